The zero-order chi connectivity index (χ0) is 16.8. The molecule has 0 saturated heterocycles. The maximum absolute atomic E-state index is 11.7. The smallest absolute Gasteiger partial charge is 0.191 e. The number of halogens is 2. The average Bonchev–Trinajstić information content (AvgIpc) is 2.41. The van der Waals surface area contributed by atoms with E-state index in [9.17, 15) is 8.42 Å². The molecule has 0 aliphatic rings. The van der Waals surface area contributed by atoms with Gasteiger partial charge in [0, 0.05) is 31.4 Å². The van der Waals surface area contributed by atoms with E-state index in [4.69, 9.17) is 11.6 Å². The number of hydrogen-bond donors (Lipinski definition) is 2. The summed E-state index contributed by atoms with van der Waals surface area (Å²) < 4.78 is 22.5. The van der Waals surface area contributed by atoms with Crippen LogP contribution in [-0.2, 0) is 16.3 Å². The summed E-state index contributed by atoms with van der Waals surface area (Å²) in [5.74, 6) is 0.582. The zero-order valence-corrected chi connectivity index (χ0v) is 17.8. The summed E-state index contributed by atoms with van der Waals surface area (Å²) in [6.07, 6.45) is 2.04. The first kappa shape index (κ1) is 22.5. The predicted octanol–water partition coefficient (Wildman–Crippen LogP) is 2.49. The highest BCUT2D eigenvalue weighted by Gasteiger charge is 2.30. The van der Waals surface area contributed by atoms with Gasteiger partial charge in [-0.15, -0.1) is 24.0 Å². The molecule has 8 heteroatoms. The van der Waals surface area contributed by atoms with Gasteiger partial charge in [0.2, 0.25) is 0 Å². The van der Waals surface area contributed by atoms with E-state index >= 15 is 0 Å². The van der Waals surface area contributed by atoms with Crippen molar-refractivity contribution in [2.24, 2.45) is 4.99 Å². The summed E-state index contributed by atoms with van der Waals surface area (Å²) in [4.78, 5) is 4.10. The van der Waals surface area contributed by atoms with Gasteiger partial charge in [-0.2, -0.15) is 0 Å². The summed E-state index contributed by atoms with van der Waals surface area (Å²) >= 11 is 5.94. The number of benzene rings is 1. The fourth-order valence-electron chi connectivity index (χ4n) is 1.67. The molecule has 0 aliphatic heterocycles. The fourth-order valence-corrected chi connectivity index (χ4v) is 2.21. The van der Waals surface area contributed by atoms with Gasteiger partial charge < -0.3 is 10.6 Å². The van der Waals surface area contributed by atoms with E-state index in [2.05, 4.69) is 15.6 Å². The van der Waals surface area contributed by atoms with E-state index < -0.39 is 14.6 Å². The van der Waals surface area contributed by atoms with Gasteiger partial charge in [0.25, 0.3) is 0 Å². The Kier molecular flexibility index (Phi) is 9.46. The Balaban J connectivity index is 0.00000484. The van der Waals surface area contributed by atoms with Crippen molar-refractivity contribution in [1.82, 2.24) is 10.6 Å². The average molecular weight is 474 g/mol. The van der Waals surface area contributed by atoms with Crippen LogP contribution in [0.1, 0.15) is 19.4 Å². The Morgan fingerprint density at radius 2 is 1.96 bits per heavy atom. The monoisotopic (exact) mass is 473 g/mol. The molecule has 0 spiro atoms. The van der Waals surface area contributed by atoms with Gasteiger partial charge >= 0.3 is 0 Å². The fraction of sp³-hybridized carbons (Fsp3) is 0.533. The SMILES string of the molecule is CN=C(NCCc1cccc(Cl)c1)NCC(C)(C)S(C)(=O)=O.I. The first-order chi connectivity index (χ1) is 10.2. The molecule has 0 aromatic heterocycles. The lowest BCUT2D eigenvalue weighted by atomic mass is 10.1. The normalized spacial score (nSPS) is 12.5. The minimum Gasteiger partial charge on any atom is -0.356 e. The standard InChI is InChI=1S/C15H24ClN3O2S.HI/c1-15(2,22(4,20)21)11-19-14(17-3)18-9-8-12-6-5-7-13(16)10-12;/h5-7,10H,8-9,11H2,1-4H3,(H2,17,18,19);1H. The van der Waals surface area contributed by atoms with E-state index in [1.165, 1.54) is 6.26 Å². The van der Waals surface area contributed by atoms with E-state index in [1.807, 2.05) is 24.3 Å². The maximum atomic E-state index is 11.7. The van der Waals surface area contributed by atoms with Crippen LogP contribution < -0.4 is 10.6 Å². The molecule has 0 heterocycles. The van der Waals surface area contributed by atoms with Gasteiger partial charge in [0.05, 0.1) is 4.75 Å². The van der Waals surface area contributed by atoms with E-state index in [0.717, 1.165) is 17.0 Å². The second kappa shape index (κ2) is 9.68. The minimum atomic E-state index is -3.13. The van der Waals surface area contributed by atoms with Crippen LogP contribution in [0.2, 0.25) is 5.02 Å². The van der Waals surface area contributed by atoms with Gasteiger partial charge in [0.15, 0.2) is 15.8 Å². The molecule has 0 fully saturated rings. The summed E-state index contributed by atoms with van der Waals surface area (Å²) in [5.41, 5.74) is 1.13. The lowest BCUT2D eigenvalue weighted by Gasteiger charge is -2.24. The Morgan fingerprint density at radius 1 is 1.30 bits per heavy atom. The topological polar surface area (TPSA) is 70.6 Å². The van der Waals surface area contributed by atoms with Gasteiger partial charge in [-0.25, -0.2) is 8.42 Å². The van der Waals surface area contributed by atoms with Crippen LogP contribution in [-0.4, -0.2) is 45.5 Å². The molecule has 23 heavy (non-hydrogen) atoms. The lowest BCUT2D eigenvalue weighted by Crippen LogP contribution is -2.48. The maximum Gasteiger partial charge on any atom is 0.191 e. The third-order valence-electron chi connectivity index (χ3n) is 3.50. The van der Waals surface area contributed by atoms with Crippen molar-refractivity contribution < 1.29 is 8.42 Å². The second-order valence-electron chi connectivity index (χ2n) is 5.76. The quantitative estimate of drug-likeness (QED) is 0.378. The number of aliphatic imine (C=N–C) groups is 1. The van der Waals surface area contributed by atoms with E-state index in [0.29, 0.717) is 19.0 Å². The van der Waals surface area contributed by atoms with Gasteiger partial charge in [-0.3, -0.25) is 4.99 Å². The summed E-state index contributed by atoms with van der Waals surface area (Å²) in [6.45, 7) is 4.35. The molecule has 1 aromatic carbocycles. The predicted molar refractivity (Wildman–Crippen MR) is 109 cm³/mol. The summed E-state index contributed by atoms with van der Waals surface area (Å²) in [7, 11) is -1.48. The third-order valence-corrected chi connectivity index (χ3v) is 5.89. The number of nitrogens with one attached hydrogen (secondary N) is 2. The summed E-state index contributed by atoms with van der Waals surface area (Å²) in [6, 6.07) is 7.69. The number of guanidine groups is 1. The number of rotatable bonds is 6. The highest BCUT2D eigenvalue weighted by Crippen LogP contribution is 2.13. The Labute approximate surface area is 161 Å². The van der Waals surface area contributed by atoms with Crippen LogP contribution >= 0.6 is 35.6 Å². The van der Waals surface area contributed by atoms with Crippen molar-refractivity contribution in [1.29, 1.82) is 0 Å². The van der Waals surface area contributed by atoms with Crippen molar-refractivity contribution in [3.8, 4) is 0 Å². The molecular formula is C15H25ClIN3O2S. The molecule has 0 atom stereocenters. The van der Waals surface area contributed by atoms with E-state index in [-0.39, 0.29) is 24.0 Å². The van der Waals surface area contributed by atoms with Crippen molar-refractivity contribution >= 4 is 51.4 Å². The third kappa shape index (κ3) is 7.71. The number of hydrogen-bond acceptors (Lipinski definition) is 3. The highest BCUT2D eigenvalue weighted by atomic mass is 127. The highest BCUT2D eigenvalue weighted by molar-refractivity contribution is 14.0. The minimum absolute atomic E-state index is 0. The van der Waals surface area contributed by atoms with Gasteiger partial charge in [-0.05, 0) is 38.0 Å². The zero-order valence-electron chi connectivity index (χ0n) is 13.9. The van der Waals surface area contributed by atoms with Gasteiger partial charge in [-0.1, -0.05) is 23.7 Å². The van der Waals surface area contributed by atoms with Crippen molar-refractivity contribution in [2.45, 2.75) is 25.0 Å². The van der Waals surface area contributed by atoms with Crippen molar-refractivity contribution in [3.63, 3.8) is 0 Å². The van der Waals surface area contributed by atoms with Crippen LogP contribution in [0.25, 0.3) is 0 Å². The molecule has 2 N–H and O–H groups in total. The second-order valence-corrected chi connectivity index (χ2v) is 8.85. The van der Waals surface area contributed by atoms with Gasteiger partial charge in [0.1, 0.15) is 0 Å². The Morgan fingerprint density at radius 3 is 2.48 bits per heavy atom. The molecule has 132 valence electrons. The molecule has 0 radical (unpaired) electrons. The van der Waals surface area contributed by atoms with Crippen LogP contribution in [0.3, 0.4) is 0 Å². The lowest BCUT2D eigenvalue weighted by molar-refractivity contribution is 0.544. The molecule has 0 amide bonds. The molecule has 0 bridgehead atoms. The Bertz CT molecular complexity index is 633. The first-order valence-electron chi connectivity index (χ1n) is 7.04. The molecule has 1 rings (SSSR count). The Hall–Kier alpha value is -0.540. The van der Waals surface area contributed by atoms with E-state index in [1.54, 1.807) is 20.9 Å². The van der Waals surface area contributed by atoms with Crippen LogP contribution in [0, 0.1) is 0 Å². The number of sulfone groups is 1. The van der Waals surface area contributed by atoms with Crippen molar-refractivity contribution in [2.75, 3.05) is 26.4 Å². The number of nitrogens with zero attached hydrogens (tertiary/aromatic N) is 1. The molecule has 0 aliphatic carbocycles. The summed E-state index contributed by atoms with van der Waals surface area (Å²) in [5, 5.41) is 6.93. The molecule has 0 saturated carbocycles. The molecular weight excluding hydrogens is 449 g/mol. The van der Waals surface area contributed by atoms with Crippen LogP contribution in [0.4, 0.5) is 0 Å². The first-order valence-corrected chi connectivity index (χ1v) is 9.31. The van der Waals surface area contributed by atoms with Crippen LogP contribution in [0.5, 0.6) is 0 Å². The molecule has 0 unspecified atom stereocenters. The molecule has 1 aromatic rings. The molecule has 5 nitrogen and oxygen atoms in total. The largest absolute Gasteiger partial charge is 0.356 e. The van der Waals surface area contributed by atoms with Crippen molar-refractivity contribution in [3.05, 3.63) is 34.9 Å². The van der Waals surface area contributed by atoms with Crippen LogP contribution in [0.15, 0.2) is 29.3 Å².